The van der Waals surface area contributed by atoms with Gasteiger partial charge in [0.1, 0.15) is 0 Å². The molecule has 2 rings (SSSR count). The van der Waals surface area contributed by atoms with Gasteiger partial charge in [0.05, 0.1) is 0 Å². The molecule has 1 N–H and O–H groups in total. The SMILES string of the molecule is CCCNC(CSc1nccn1C)c1ccc(CC)cc1. The minimum atomic E-state index is 0.373. The Balaban J connectivity index is 2.04. The van der Waals surface area contributed by atoms with E-state index < -0.39 is 0 Å². The van der Waals surface area contributed by atoms with E-state index in [4.69, 9.17) is 0 Å². The Kier molecular flexibility index (Phi) is 6.33. The Labute approximate surface area is 132 Å². The van der Waals surface area contributed by atoms with Crippen molar-refractivity contribution in [2.24, 2.45) is 7.05 Å². The normalized spacial score (nSPS) is 12.5. The van der Waals surface area contributed by atoms with Crippen LogP contribution in [0.15, 0.2) is 41.8 Å². The van der Waals surface area contributed by atoms with E-state index in [1.54, 1.807) is 11.8 Å². The second kappa shape index (κ2) is 8.25. The molecule has 114 valence electrons. The number of nitrogens with one attached hydrogen (secondary N) is 1. The zero-order valence-corrected chi connectivity index (χ0v) is 14.0. The first-order valence-electron chi connectivity index (χ1n) is 7.67. The molecule has 0 bridgehead atoms. The van der Waals surface area contributed by atoms with E-state index in [0.717, 1.165) is 30.3 Å². The Morgan fingerprint density at radius 1 is 1.24 bits per heavy atom. The monoisotopic (exact) mass is 303 g/mol. The van der Waals surface area contributed by atoms with Gasteiger partial charge >= 0.3 is 0 Å². The van der Waals surface area contributed by atoms with Crippen LogP contribution in [0.1, 0.15) is 37.4 Å². The molecule has 1 aromatic heterocycles. The predicted molar refractivity (Wildman–Crippen MR) is 90.8 cm³/mol. The number of aryl methyl sites for hydroxylation is 2. The van der Waals surface area contributed by atoms with Gasteiger partial charge in [-0.3, -0.25) is 0 Å². The summed E-state index contributed by atoms with van der Waals surface area (Å²) in [4.78, 5) is 4.39. The summed E-state index contributed by atoms with van der Waals surface area (Å²) in [6.45, 7) is 5.44. The van der Waals surface area contributed by atoms with Crippen molar-refractivity contribution in [3.63, 3.8) is 0 Å². The molecule has 2 aromatic rings. The Morgan fingerprint density at radius 2 is 2.00 bits per heavy atom. The lowest BCUT2D eigenvalue weighted by atomic mass is 10.0. The zero-order valence-electron chi connectivity index (χ0n) is 13.2. The third-order valence-electron chi connectivity index (χ3n) is 3.59. The first-order chi connectivity index (χ1) is 10.2. The summed E-state index contributed by atoms with van der Waals surface area (Å²) >= 11 is 1.81. The molecule has 0 aliphatic rings. The summed E-state index contributed by atoms with van der Waals surface area (Å²) in [5, 5.41) is 4.72. The molecule has 0 saturated carbocycles. The molecule has 0 aliphatic heterocycles. The quantitative estimate of drug-likeness (QED) is 0.752. The number of benzene rings is 1. The molecule has 1 atom stereocenters. The van der Waals surface area contributed by atoms with Crippen LogP contribution in [0.25, 0.3) is 0 Å². The van der Waals surface area contributed by atoms with Gasteiger partial charge in [0.2, 0.25) is 0 Å². The molecule has 1 heterocycles. The molecule has 3 nitrogen and oxygen atoms in total. The lowest BCUT2D eigenvalue weighted by Crippen LogP contribution is -2.24. The van der Waals surface area contributed by atoms with Gasteiger partial charge in [-0.2, -0.15) is 0 Å². The van der Waals surface area contributed by atoms with E-state index >= 15 is 0 Å². The van der Waals surface area contributed by atoms with Crippen LogP contribution in [0, 0.1) is 0 Å². The van der Waals surface area contributed by atoms with Crippen LogP contribution in [0.3, 0.4) is 0 Å². The number of nitrogens with zero attached hydrogens (tertiary/aromatic N) is 2. The van der Waals surface area contributed by atoms with Crippen molar-refractivity contribution in [3.05, 3.63) is 47.8 Å². The number of hydrogen-bond acceptors (Lipinski definition) is 3. The maximum absolute atomic E-state index is 4.39. The lowest BCUT2D eigenvalue weighted by molar-refractivity contribution is 0.576. The van der Waals surface area contributed by atoms with Crippen molar-refractivity contribution in [2.75, 3.05) is 12.3 Å². The van der Waals surface area contributed by atoms with Gasteiger partial charge in [0, 0.05) is 31.2 Å². The minimum Gasteiger partial charge on any atom is -0.329 e. The fourth-order valence-corrected chi connectivity index (χ4v) is 3.25. The maximum atomic E-state index is 4.39. The van der Waals surface area contributed by atoms with Crippen LogP contribution in [0.5, 0.6) is 0 Å². The van der Waals surface area contributed by atoms with E-state index in [1.165, 1.54) is 11.1 Å². The average Bonchev–Trinajstić information content (AvgIpc) is 2.93. The fourth-order valence-electron chi connectivity index (χ4n) is 2.23. The van der Waals surface area contributed by atoms with Crippen LogP contribution >= 0.6 is 11.8 Å². The van der Waals surface area contributed by atoms with Gasteiger partial charge in [-0.15, -0.1) is 0 Å². The number of aromatic nitrogens is 2. The topological polar surface area (TPSA) is 29.9 Å². The van der Waals surface area contributed by atoms with Gasteiger partial charge < -0.3 is 9.88 Å². The highest BCUT2D eigenvalue weighted by Gasteiger charge is 2.12. The van der Waals surface area contributed by atoms with Crippen LogP contribution in [-0.2, 0) is 13.5 Å². The van der Waals surface area contributed by atoms with Gasteiger partial charge in [0.15, 0.2) is 5.16 Å². The summed E-state index contributed by atoms with van der Waals surface area (Å²) in [5.74, 6) is 0.996. The van der Waals surface area contributed by atoms with Gasteiger partial charge in [0.25, 0.3) is 0 Å². The lowest BCUT2D eigenvalue weighted by Gasteiger charge is -2.19. The van der Waals surface area contributed by atoms with Crippen molar-refractivity contribution >= 4 is 11.8 Å². The van der Waals surface area contributed by atoms with Crippen molar-refractivity contribution in [1.29, 1.82) is 0 Å². The third-order valence-corrected chi connectivity index (χ3v) is 4.74. The van der Waals surface area contributed by atoms with Crippen molar-refractivity contribution in [1.82, 2.24) is 14.9 Å². The first kappa shape index (κ1) is 16.1. The molecular weight excluding hydrogens is 278 g/mol. The van der Waals surface area contributed by atoms with E-state index in [0.29, 0.717) is 6.04 Å². The molecule has 1 unspecified atom stereocenters. The molecule has 21 heavy (non-hydrogen) atoms. The molecule has 0 fully saturated rings. The van der Waals surface area contributed by atoms with Gasteiger partial charge in [-0.05, 0) is 30.5 Å². The Bertz CT molecular complexity index is 533. The Morgan fingerprint density at radius 3 is 2.57 bits per heavy atom. The molecule has 4 heteroatoms. The van der Waals surface area contributed by atoms with Crippen LogP contribution < -0.4 is 5.32 Å². The van der Waals surface area contributed by atoms with Crippen LogP contribution in [0.2, 0.25) is 0 Å². The molecule has 0 saturated heterocycles. The van der Waals surface area contributed by atoms with Gasteiger partial charge in [-0.1, -0.05) is 49.9 Å². The fraction of sp³-hybridized carbons (Fsp3) is 0.471. The molecule has 0 aliphatic carbocycles. The maximum Gasteiger partial charge on any atom is 0.167 e. The van der Waals surface area contributed by atoms with E-state index in [-0.39, 0.29) is 0 Å². The third kappa shape index (κ3) is 4.61. The molecule has 1 aromatic carbocycles. The highest BCUT2D eigenvalue weighted by Crippen LogP contribution is 2.23. The van der Waals surface area contributed by atoms with Crippen molar-refractivity contribution in [3.8, 4) is 0 Å². The van der Waals surface area contributed by atoms with Crippen molar-refractivity contribution < 1.29 is 0 Å². The predicted octanol–water partition coefficient (Wildman–Crippen LogP) is 3.82. The summed E-state index contributed by atoms with van der Waals surface area (Å²) in [5.41, 5.74) is 2.76. The number of imidazole rings is 1. The average molecular weight is 303 g/mol. The number of rotatable bonds is 8. The smallest absolute Gasteiger partial charge is 0.167 e. The van der Waals surface area contributed by atoms with E-state index in [2.05, 4.69) is 53.0 Å². The molecular formula is C17H25N3S. The second-order valence-corrected chi connectivity index (χ2v) is 6.22. The standard InChI is InChI=1S/C17H25N3S/c1-4-10-18-16(13-21-17-19-11-12-20(17)3)15-8-6-14(5-2)7-9-15/h6-9,11-12,16,18H,4-5,10,13H2,1-3H3. The Hall–Kier alpha value is -1.26. The number of thioether (sulfide) groups is 1. The van der Waals surface area contributed by atoms with Crippen LogP contribution in [-0.4, -0.2) is 21.8 Å². The minimum absolute atomic E-state index is 0.373. The first-order valence-corrected chi connectivity index (χ1v) is 8.65. The second-order valence-electron chi connectivity index (χ2n) is 5.23. The van der Waals surface area contributed by atoms with Gasteiger partial charge in [-0.25, -0.2) is 4.98 Å². The van der Waals surface area contributed by atoms with Crippen molar-refractivity contribution in [2.45, 2.75) is 37.9 Å². The molecule has 0 amide bonds. The zero-order chi connectivity index (χ0) is 15.1. The molecule has 0 radical (unpaired) electrons. The van der Waals surface area contributed by atoms with E-state index in [1.807, 2.05) is 19.4 Å². The summed E-state index contributed by atoms with van der Waals surface area (Å²) in [6, 6.07) is 9.36. The summed E-state index contributed by atoms with van der Waals surface area (Å²) in [7, 11) is 2.04. The largest absolute Gasteiger partial charge is 0.329 e. The highest BCUT2D eigenvalue weighted by atomic mass is 32.2. The van der Waals surface area contributed by atoms with Crippen LogP contribution in [0.4, 0.5) is 0 Å². The van der Waals surface area contributed by atoms with E-state index in [9.17, 15) is 0 Å². The molecule has 0 spiro atoms. The number of hydrogen-bond donors (Lipinski definition) is 1. The summed E-state index contributed by atoms with van der Waals surface area (Å²) in [6.07, 6.45) is 6.09. The highest BCUT2D eigenvalue weighted by molar-refractivity contribution is 7.99. The summed E-state index contributed by atoms with van der Waals surface area (Å²) < 4.78 is 2.07.